The van der Waals surface area contributed by atoms with Crippen LogP contribution < -0.4 is 11.0 Å². The van der Waals surface area contributed by atoms with Gasteiger partial charge in [-0.1, -0.05) is 12.1 Å². The number of hydrogen-bond donors (Lipinski definition) is 1. The van der Waals surface area contributed by atoms with Crippen LogP contribution in [0.4, 0.5) is 4.39 Å². The van der Waals surface area contributed by atoms with Gasteiger partial charge >= 0.3 is 5.69 Å². The molecule has 7 nitrogen and oxygen atoms in total. The Morgan fingerprint density at radius 2 is 1.81 bits per heavy atom. The summed E-state index contributed by atoms with van der Waals surface area (Å²) in [5.74, 6) is -0.567. The normalized spacial score (nSPS) is 11.0. The van der Waals surface area contributed by atoms with Gasteiger partial charge in [-0.25, -0.2) is 19.2 Å². The maximum atomic E-state index is 13.2. The number of hydrogen-bond acceptors (Lipinski definition) is 5. The minimum Gasteiger partial charge on any atom is -0.350 e. The topological polar surface area (TPSA) is 81.8 Å². The summed E-state index contributed by atoms with van der Waals surface area (Å²) < 4.78 is 16.4. The molecule has 0 aliphatic heterocycles. The van der Waals surface area contributed by atoms with Crippen molar-refractivity contribution in [3.8, 4) is 0 Å². The van der Waals surface area contributed by atoms with E-state index in [1.807, 2.05) is 12.3 Å². The molecular formula is C22H20FN5O2S. The first-order valence-electron chi connectivity index (χ1n) is 9.64. The van der Waals surface area contributed by atoms with Crippen molar-refractivity contribution in [2.75, 3.05) is 12.8 Å². The summed E-state index contributed by atoms with van der Waals surface area (Å²) in [6.07, 6.45) is 5.13. The summed E-state index contributed by atoms with van der Waals surface area (Å²) in [6, 6.07) is 13.1. The molecule has 0 spiro atoms. The monoisotopic (exact) mass is 437 g/mol. The zero-order valence-corrected chi connectivity index (χ0v) is 17.6. The van der Waals surface area contributed by atoms with Gasteiger partial charge in [0.2, 0.25) is 0 Å². The van der Waals surface area contributed by atoms with Crippen LogP contribution in [0.5, 0.6) is 0 Å². The largest absolute Gasteiger partial charge is 0.350 e. The van der Waals surface area contributed by atoms with Gasteiger partial charge in [-0.3, -0.25) is 13.9 Å². The van der Waals surface area contributed by atoms with Gasteiger partial charge in [0.05, 0.1) is 17.6 Å². The summed E-state index contributed by atoms with van der Waals surface area (Å²) in [5.41, 5.74) is 2.29. The fourth-order valence-electron chi connectivity index (χ4n) is 3.38. The van der Waals surface area contributed by atoms with Crippen molar-refractivity contribution in [1.82, 2.24) is 24.4 Å². The van der Waals surface area contributed by atoms with E-state index in [0.717, 1.165) is 5.56 Å². The highest BCUT2D eigenvalue weighted by Gasteiger charge is 2.15. The molecule has 1 amide bonds. The number of carbonyl (C=O) groups is 1. The number of pyridine rings is 2. The predicted octanol–water partition coefficient (Wildman–Crippen LogP) is 2.93. The van der Waals surface area contributed by atoms with Gasteiger partial charge in [0, 0.05) is 25.5 Å². The van der Waals surface area contributed by atoms with E-state index in [4.69, 9.17) is 0 Å². The van der Waals surface area contributed by atoms with Crippen molar-refractivity contribution in [1.29, 1.82) is 0 Å². The average Bonchev–Trinajstić information content (AvgIpc) is 3.06. The Hall–Kier alpha value is -3.46. The lowest BCUT2D eigenvalue weighted by molar-refractivity contribution is 0.0948. The van der Waals surface area contributed by atoms with Crippen molar-refractivity contribution in [2.45, 2.75) is 18.1 Å². The van der Waals surface area contributed by atoms with Gasteiger partial charge in [-0.05, 0) is 48.2 Å². The Morgan fingerprint density at radius 1 is 1.06 bits per heavy atom. The molecule has 158 valence electrons. The van der Waals surface area contributed by atoms with Crippen LogP contribution in [0.2, 0.25) is 0 Å². The van der Waals surface area contributed by atoms with E-state index in [2.05, 4.69) is 15.3 Å². The number of thioether (sulfide) groups is 1. The van der Waals surface area contributed by atoms with Crippen LogP contribution >= 0.6 is 11.8 Å². The molecule has 3 heterocycles. The SMILES string of the molecule is CSc1ncccc1C(=O)NCCn1c(=O)n(Cc2ccc(F)cc2)c2cccnc21. The van der Waals surface area contributed by atoms with Crippen molar-refractivity contribution in [3.63, 3.8) is 0 Å². The van der Waals surface area contributed by atoms with Gasteiger partial charge in [-0.15, -0.1) is 11.8 Å². The second-order valence-corrected chi connectivity index (χ2v) is 7.60. The van der Waals surface area contributed by atoms with Crippen LogP contribution in [0.3, 0.4) is 0 Å². The first-order chi connectivity index (χ1) is 15.1. The third-order valence-corrected chi connectivity index (χ3v) is 5.57. The highest BCUT2D eigenvalue weighted by molar-refractivity contribution is 7.98. The maximum absolute atomic E-state index is 13.2. The van der Waals surface area contributed by atoms with Crippen molar-refractivity contribution in [2.24, 2.45) is 0 Å². The first kappa shape index (κ1) is 20.8. The maximum Gasteiger partial charge on any atom is 0.330 e. The van der Waals surface area contributed by atoms with Crippen molar-refractivity contribution >= 4 is 28.8 Å². The number of carbonyl (C=O) groups excluding carboxylic acids is 1. The number of halogens is 1. The lowest BCUT2D eigenvalue weighted by Crippen LogP contribution is -2.32. The molecular weight excluding hydrogens is 417 g/mol. The van der Waals surface area contributed by atoms with E-state index in [-0.39, 0.29) is 30.5 Å². The Morgan fingerprint density at radius 3 is 2.58 bits per heavy atom. The molecule has 0 fully saturated rings. The molecule has 0 saturated heterocycles. The molecule has 0 bridgehead atoms. The second kappa shape index (κ2) is 9.13. The molecule has 4 aromatic rings. The Bertz CT molecular complexity index is 1280. The molecule has 0 aliphatic rings. The minimum absolute atomic E-state index is 0.238. The Labute approximate surface area is 182 Å². The summed E-state index contributed by atoms with van der Waals surface area (Å²) in [5, 5.41) is 3.50. The summed E-state index contributed by atoms with van der Waals surface area (Å²) in [4.78, 5) is 34.2. The van der Waals surface area contributed by atoms with E-state index >= 15 is 0 Å². The van der Waals surface area contributed by atoms with Gasteiger partial charge < -0.3 is 5.32 Å². The predicted molar refractivity (Wildman–Crippen MR) is 118 cm³/mol. The van der Waals surface area contributed by atoms with E-state index in [1.54, 1.807) is 47.3 Å². The molecule has 0 aliphatic carbocycles. The molecule has 4 rings (SSSR count). The van der Waals surface area contributed by atoms with Gasteiger partial charge in [0.15, 0.2) is 5.65 Å². The van der Waals surface area contributed by atoms with Gasteiger partial charge in [0.25, 0.3) is 5.91 Å². The third kappa shape index (κ3) is 4.36. The van der Waals surface area contributed by atoms with Crippen LogP contribution in [-0.4, -0.2) is 37.8 Å². The lowest BCUT2D eigenvalue weighted by atomic mass is 10.2. The molecule has 9 heteroatoms. The number of nitrogens with one attached hydrogen (secondary N) is 1. The summed E-state index contributed by atoms with van der Waals surface area (Å²) >= 11 is 1.40. The molecule has 3 aromatic heterocycles. The highest BCUT2D eigenvalue weighted by Crippen LogP contribution is 2.16. The number of rotatable bonds is 7. The quantitative estimate of drug-likeness (QED) is 0.450. The number of aromatic nitrogens is 4. The zero-order valence-electron chi connectivity index (χ0n) is 16.8. The zero-order chi connectivity index (χ0) is 21.8. The van der Waals surface area contributed by atoms with Crippen LogP contribution in [0, 0.1) is 5.82 Å². The number of amides is 1. The molecule has 1 N–H and O–H groups in total. The van der Waals surface area contributed by atoms with Crippen LogP contribution in [0.15, 0.2) is 70.7 Å². The second-order valence-electron chi connectivity index (χ2n) is 6.81. The Balaban J connectivity index is 1.55. The molecule has 0 radical (unpaired) electrons. The number of imidazole rings is 1. The molecule has 0 unspecified atom stereocenters. The molecule has 0 atom stereocenters. The molecule has 31 heavy (non-hydrogen) atoms. The lowest BCUT2D eigenvalue weighted by Gasteiger charge is -2.08. The van der Waals surface area contributed by atoms with E-state index in [0.29, 0.717) is 28.3 Å². The van der Waals surface area contributed by atoms with E-state index in [1.165, 1.54) is 28.5 Å². The highest BCUT2D eigenvalue weighted by atomic mass is 32.2. The van der Waals surface area contributed by atoms with E-state index in [9.17, 15) is 14.0 Å². The smallest absolute Gasteiger partial charge is 0.330 e. The molecule has 1 aromatic carbocycles. The van der Waals surface area contributed by atoms with Crippen molar-refractivity contribution < 1.29 is 9.18 Å². The third-order valence-electron chi connectivity index (χ3n) is 4.86. The van der Waals surface area contributed by atoms with Crippen LogP contribution in [-0.2, 0) is 13.1 Å². The fourth-order valence-corrected chi connectivity index (χ4v) is 3.92. The first-order valence-corrected chi connectivity index (χ1v) is 10.9. The average molecular weight is 438 g/mol. The number of nitrogens with zero attached hydrogens (tertiary/aromatic N) is 4. The van der Waals surface area contributed by atoms with Gasteiger partial charge in [-0.2, -0.15) is 0 Å². The van der Waals surface area contributed by atoms with Crippen LogP contribution in [0.25, 0.3) is 11.2 Å². The van der Waals surface area contributed by atoms with Crippen molar-refractivity contribution in [3.05, 3.63) is 88.4 Å². The number of benzene rings is 1. The standard InChI is InChI=1S/C22H20FN5O2S/c1-31-21-17(4-2-11-26-21)20(29)25-12-13-27-19-18(5-3-10-24-19)28(22(27)30)14-15-6-8-16(23)9-7-15/h2-11H,12-14H2,1H3,(H,25,29). The van der Waals surface area contributed by atoms with Gasteiger partial charge in [0.1, 0.15) is 10.8 Å². The number of fused-ring (bicyclic) bond motifs is 1. The van der Waals surface area contributed by atoms with Crippen LogP contribution in [0.1, 0.15) is 15.9 Å². The Kier molecular flexibility index (Phi) is 6.13. The summed E-state index contributed by atoms with van der Waals surface area (Å²) in [6.45, 7) is 0.824. The van der Waals surface area contributed by atoms with E-state index < -0.39 is 0 Å². The molecule has 0 saturated carbocycles. The fraction of sp³-hybridized carbons (Fsp3) is 0.182. The minimum atomic E-state index is -0.325. The summed E-state index contributed by atoms with van der Waals surface area (Å²) in [7, 11) is 0.